The lowest BCUT2D eigenvalue weighted by Crippen LogP contribution is -1.97. The molecule has 1 rings (SSSR count). The Labute approximate surface area is 78.6 Å². The fourth-order valence-corrected chi connectivity index (χ4v) is 1.43. The maximum Gasteiger partial charge on any atom is 0.150 e. The Hall–Kier alpha value is -0.900. The minimum Gasteiger partial charge on any atom is -0.385 e. The predicted octanol–water partition coefficient (Wildman–Crippen LogP) is 2.67. The zero-order valence-electron chi connectivity index (χ0n) is 6.56. The molecule has 0 fully saturated rings. The van der Waals surface area contributed by atoms with Gasteiger partial charge >= 0.3 is 0 Å². The van der Waals surface area contributed by atoms with Gasteiger partial charge in [0.05, 0.1) is 11.9 Å². The van der Waals surface area contributed by atoms with E-state index >= 15 is 0 Å². The van der Waals surface area contributed by atoms with E-state index in [1.54, 1.807) is 7.05 Å². The first-order valence-electron chi connectivity index (χ1n) is 3.35. The third-order valence-electron chi connectivity index (χ3n) is 1.48. The van der Waals surface area contributed by atoms with E-state index in [0.29, 0.717) is 15.9 Å². The van der Waals surface area contributed by atoms with E-state index in [4.69, 9.17) is 0 Å². The van der Waals surface area contributed by atoms with Gasteiger partial charge in [-0.3, -0.25) is 0 Å². The number of nitrogens with zero attached hydrogens (tertiary/aromatic N) is 1. The highest BCUT2D eigenvalue weighted by Crippen LogP contribution is 2.26. The number of nitrogens with one attached hydrogen (secondary N) is 1. The minimum atomic E-state index is -0.377. The van der Waals surface area contributed by atoms with Gasteiger partial charge in [-0.15, -0.1) is 0 Å². The lowest BCUT2D eigenvalue weighted by Gasteiger charge is -2.07. The van der Waals surface area contributed by atoms with E-state index in [1.165, 1.54) is 6.08 Å². The van der Waals surface area contributed by atoms with Crippen molar-refractivity contribution in [1.29, 1.82) is 0 Å². The van der Waals surface area contributed by atoms with Gasteiger partial charge in [0.2, 0.25) is 0 Å². The zero-order chi connectivity index (χ0) is 9.14. The second kappa shape index (κ2) is 3.67. The Kier molecular flexibility index (Phi) is 2.81. The van der Waals surface area contributed by atoms with Crippen molar-refractivity contribution >= 4 is 27.7 Å². The molecule has 0 saturated heterocycles. The van der Waals surface area contributed by atoms with Gasteiger partial charge in [-0.2, -0.15) is 0 Å². The Morgan fingerprint density at radius 1 is 1.75 bits per heavy atom. The first-order chi connectivity index (χ1) is 5.70. The Morgan fingerprint density at radius 3 is 2.83 bits per heavy atom. The van der Waals surface area contributed by atoms with E-state index in [-0.39, 0.29) is 5.82 Å². The summed E-state index contributed by atoms with van der Waals surface area (Å²) in [5, 5.41) is 2.83. The van der Waals surface area contributed by atoms with Crippen LogP contribution in [0.4, 0.5) is 10.1 Å². The first kappa shape index (κ1) is 9.19. The molecule has 0 bridgehead atoms. The van der Waals surface area contributed by atoms with Crippen LogP contribution in [-0.4, -0.2) is 12.0 Å². The van der Waals surface area contributed by atoms with E-state index in [1.807, 2.05) is 0 Å². The Morgan fingerprint density at radius 2 is 2.42 bits per heavy atom. The van der Waals surface area contributed by atoms with E-state index in [2.05, 4.69) is 32.8 Å². The molecule has 1 heterocycles. The van der Waals surface area contributed by atoms with Crippen molar-refractivity contribution in [1.82, 2.24) is 4.98 Å². The summed E-state index contributed by atoms with van der Waals surface area (Å²) in [4.78, 5) is 3.79. The molecule has 0 unspecified atom stereocenters. The average Bonchev–Trinajstić information content (AvgIpc) is 2.08. The number of halogens is 2. The van der Waals surface area contributed by atoms with Crippen LogP contribution < -0.4 is 5.32 Å². The molecule has 2 nitrogen and oxygen atoms in total. The van der Waals surface area contributed by atoms with Crippen molar-refractivity contribution in [3.05, 3.63) is 28.8 Å². The molecule has 64 valence electrons. The van der Waals surface area contributed by atoms with Crippen LogP contribution in [0.1, 0.15) is 5.56 Å². The van der Waals surface area contributed by atoms with Gasteiger partial charge in [0, 0.05) is 12.6 Å². The molecule has 0 aromatic carbocycles. The molecule has 0 spiro atoms. The molecule has 1 N–H and O–H groups in total. The average molecular weight is 231 g/mol. The molecule has 4 heteroatoms. The summed E-state index contributed by atoms with van der Waals surface area (Å²) in [6.45, 7) is 3.51. The van der Waals surface area contributed by atoms with Gasteiger partial charge in [-0.05, 0) is 15.9 Å². The fraction of sp³-hybridized carbons (Fsp3) is 0.125. The number of hydrogen-bond donors (Lipinski definition) is 1. The summed E-state index contributed by atoms with van der Waals surface area (Å²) < 4.78 is 13.6. The second-order valence-electron chi connectivity index (χ2n) is 2.14. The lowest BCUT2D eigenvalue weighted by molar-refractivity contribution is 0.618. The Bertz CT molecular complexity index is 312. The largest absolute Gasteiger partial charge is 0.385 e. The van der Waals surface area contributed by atoms with Crippen LogP contribution in [0.5, 0.6) is 0 Å². The molecule has 0 atom stereocenters. The number of aromatic nitrogens is 1. The van der Waals surface area contributed by atoms with Crippen LogP contribution in [-0.2, 0) is 0 Å². The van der Waals surface area contributed by atoms with Crippen LogP contribution in [0.2, 0.25) is 0 Å². The predicted molar refractivity (Wildman–Crippen MR) is 51.5 cm³/mol. The van der Waals surface area contributed by atoms with Crippen molar-refractivity contribution in [3.8, 4) is 0 Å². The molecule has 12 heavy (non-hydrogen) atoms. The normalized spacial score (nSPS) is 9.58. The third kappa shape index (κ3) is 1.48. The quantitative estimate of drug-likeness (QED) is 0.791. The minimum absolute atomic E-state index is 0.377. The standard InChI is InChI=1S/C8H8BrFN2/c1-3-5-6(10)4-12-8(9)7(5)11-2/h3-4,11H,1H2,2H3. The Balaban J connectivity index is 3.38. The molecule has 0 saturated carbocycles. The van der Waals surface area contributed by atoms with E-state index in [9.17, 15) is 4.39 Å². The summed E-state index contributed by atoms with van der Waals surface area (Å²) in [6.07, 6.45) is 2.61. The van der Waals surface area contributed by atoms with E-state index < -0.39 is 0 Å². The second-order valence-corrected chi connectivity index (χ2v) is 2.89. The zero-order valence-corrected chi connectivity index (χ0v) is 8.15. The third-order valence-corrected chi connectivity index (χ3v) is 2.08. The van der Waals surface area contributed by atoms with Crippen LogP contribution in [0.25, 0.3) is 6.08 Å². The smallest absolute Gasteiger partial charge is 0.150 e. The monoisotopic (exact) mass is 230 g/mol. The number of hydrogen-bond acceptors (Lipinski definition) is 2. The first-order valence-corrected chi connectivity index (χ1v) is 4.14. The molecule has 0 aliphatic heterocycles. The van der Waals surface area contributed by atoms with Crippen molar-refractivity contribution in [3.63, 3.8) is 0 Å². The SMILES string of the molecule is C=Cc1c(F)cnc(Br)c1NC. The van der Waals surface area contributed by atoms with Crippen molar-refractivity contribution in [2.24, 2.45) is 0 Å². The van der Waals surface area contributed by atoms with Gasteiger partial charge in [0.25, 0.3) is 0 Å². The van der Waals surface area contributed by atoms with Crippen LogP contribution >= 0.6 is 15.9 Å². The summed E-state index contributed by atoms with van der Waals surface area (Å²) in [6, 6.07) is 0. The molecular weight excluding hydrogens is 223 g/mol. The molecule has 0 aliphatic rings. The van der Waals surface area contributed by atoms with Crippen molar-refractivity contribution in [2.75, 3.05) is 12.4 Å². The molecule has 1 aromatic heterocycles. The van der Waals surface area contributed by atoms with Crippen molar-refractivity contribution in [2.45, 2.75) is 0 Å². The van der Waals surface area contributed by atoms with Gasteiger partial charge in [-0.1, -0.05) is 12.7 Å². The van der Waals surface area contributed by atoms with Crippen LogP contribution in [0.15, 0.2) is 17.4 Å². The van der Waals surface area contributed by atoms with Gasteiger partial charge in [0.1, 0.15) is 4.60 Å². The molecular formula is C8H8BrFN2. The fourth-order valence-electron chi connectivity index (χ4n) is 0.915. The van der Waals surface area contributed by atoms with Gasteiger partial charge in [-0.25, -0.2) is 9.37 Å². The summed E-state index contributed by atoms with van der Waals surface area (Å²) in [7, 11) is 1.70. The number of anilines is 1. The highest BCUT2D eigenvalue weighted by atomic mass is 79.9. The van der Waals surface area contributed by atoms with Crippen molar-refractivity contribution < 1.29 is 4.39 Å². The molecule has 0 aliphatic carbocycles. The van der Waals surface area contributed by atoms with Gasteiger partial charge < -0.3 is 5.32 Å². The van der Waals surface area contributed by atoms with E-state index in [0.717, 1.165) is 6.20 Å². The summed E-state index contributed by atoms with van der Waals surface area (Å²) in [5.74, 6) is -0.377. The number of rotatable bonds is 2. The molecule has 0 amide bonds. The lowest BCUT2D eigenvalue weighted by atomic mass is 10.2. The molecule has 0 radical (unpaired) electrons. The maximum atomic E-state index is 13.0. The topological polar surface area (TPSA) is 24.9 Å². The highest BCUT2D eigenvalue weighted by Gasteiger charge is 2.08. The number of pyridine rings is 1. The van der Waals surface area contributed by atoms with Gasteiger partial charge in [0.15, 0.2) is 5.82 Å². The summed E-state index contributed by atoms with van der Waals surface area (Å²) >= 11 is 3.19. The summed E-state index contributed by atoms with van der Waals surface area (Å²) in [5.41, 5.74) is 1.05. The van der Waals surface area contributed by atoms with Crippen LogP contribution in [0.3, 0.4) is 0 Å². The van der Waals surface area contributed by atoms with Crippen LogP contribution in [0, 0.1) is 5.82 Å². The molecule has 1 aromatic rings. The highest BCUT2D eigenvalue weighted by molar-refractivity contribution is 9.10. The maximum absolute atomic E-state index is 13.0.